The lowest BCUT2D eigenvalue weighted by atomic mass is 9.77. The van der Waals surface area contributed by atoms with Crippen LogP contribution in [0.15, 0.2) is 24.3 Å². The van der Waals surface area contributed by atoms with Crippen LogP contribution >= 0.6 is 0 Å². The van der Waals surface area contributed by atoms with Crippen LogP contribution in [0.4, 0.5) is 10.1 Å². The zero-order valence-corrected chi connectivity index (χ0v) is 11.6. The molecule has 108 valence electrons. The van der Waals surface area contributed by atoms with E-state index in [4.69, 9.17) is 0 Å². The lowest BCUT2D eigenvalue weighted by Gasteiger charge is -2.39. The van der Waals surface area contributed by atoms with E-state index in [0.717, 1.165) is 25.2 Å². The number of benzene rings is 1. The van der Waals surface area contributed by atoms with Crippen molar-refractivity contribution in [3.63, 3.8) is 0 Å². The molecule has 20 heavy (non-hydrogen) atoms. The first-order valence-electron chi connectivity index (χ1n) is 7.55. The molecule has 0 bridgehead atoms. The van der Waals surface area contributed by atoms with Crippen molar-refractivity contribution in [3.8, 4) is 0 Å². The van der Waals surface area contributed by atoms with Crippen LogP contribution in [0.25, 0.3) is 0 Å². The van der Waals surface area contributed by atoms with Gasteiger partial charge in [0.05, 0.1) is 11.7 Å². The van der Waals surface area contributed by atoms with Crippen LogP contribution < -0.4 is 10.6 Å². The minimum Gasteiger partial charge on any atom is -0.322 e. The Morgan fingerprint density at radius 1 is 1.15 bits per heavy atom. The Kier molecular flexibility index (Phi) is 4.01. The fraction of sp³-hybridized carbons (Fsp3) is 0.562. The smallest absolute Gasteiger partial charge is 0.241 e. The lowest BCUT2D eigenvalue weighted by Crippen LogP contribution is -2.53. The van der Waals surface area contributed by atoms with Crippen molar-refractivity contribution in [1.82, 2.24) is 5.32 Å². The maximum absolute atomic E-state index is 13.6. The predicted molar refractivity (Wildman–Crippen MR) is 76.9 cm³/mol. The van der Waals surface area contributed by atoms with Crippen LogP contribution in [0.1, 0.15) is 38.5 Å². The number of anilines is 1. The summed E-state index contributed by atoms with van der Waals surface area (Å²) in [6.07, 6.45) is 6.95. The van der Waals surface area contributed by atoms with Gasteiger partial charge in [-0.25, -0.2) is 4.39 Å². The van der Waals surface area contributed by atoms with Gasteiger partial charge in [-0.2, -0.15) is 0 Å². The molecule has 1 saturated carbocycles. The standard InChI is InChI=1S/C16H21FN2O/c17-12-6-2-4-8-14(12)19-16(20)15-10-9-11-5-1-3-7-13(11)18-15/h2,4,6,8,11,13,15,18H,1,3,5,7,9-10H2,(H,19,20). The van der Waals surface area contributed by atoms with Crippen LogP contribution in [0.5, 0.6) is 0 Å². The Morgan fingerprint density at radius 3 is 2.80 bits per heavy atom. The second-order valence-corrected chi connectivity index (χ2v) is 5.92. The van der Waals surface area contributed by atoms with E-state index in [9.17, 15) is 9.18 Å². The molecule has 0 spiro atoms. The number of hydrogen-bond acceptors (Lipinski definition) is 2. The van der Waals surface area contributed by atoms with E-state index in [1.807, 2.05) is 0 Å². The van der Waals surface area contributed by atoms with Gasteiger partial charge in [-0.3, -0.25) is 4.79 Å². The fourth-order valence-corrected chi connectivity index (χ4v) is 3.48. The Morgan fingerprint density at radius 2 is 1.95 bits per heavy atom. The van der Waals surface area contributed by atoms with E-state index < -0.39 is 0 Å². The van der Waals surface area contributed by atoms with E-state index in [-0.39, 0.29) is 23.5 Å². The number of para-hydroxylation sites is 1. The molecule has 1 amide bonds. The van der Waals surface area contributed by atoms with Crippen molar-refractivity contribution in [1.29, 1.82) is 0 Å². The average Bonchev–Trinajstić information content (AvgIpc) is 2.49. The van der Waals surface area contributed by atoms with Crippen LogP contribution in [0.3, 0.4) is 0 Å². The lowest BCUT2D eigenvalue weighted by molar-refractivity contribution is -0.119. The molecule has 2 fully saturated rings. The number of piperidine rings is 1. The molecule has 1 aromatic rings. The zero-order valence-electron chi connectivity index (χ0n) is 11.6. The molecule has 0 aromatic heterocycles. The quantitative estimate of drug-likeness (QED) is 0.871. The number of carbonyl (C=O) groups excluding carboxylic acids is 1. The Labute approximate surface area is 118 Å². The first-order chi connectivity index (χ1) is 9.74. The van der Waals surface area contributed by atoms with E-state index in [0.29, 0.717) is 6.04 Å². The third-order valence-electron chi connectivity index (χ3n) is 4.60. The van der Waals surface area contributed by atoms with Gasteiger partial charge in [0.1, 0.15) is 5.82 Å². The summed E-state index contributed by atoms with van der Waals surface area (Å²) in [5, 5.41) is 6.16. The van der Waals surface area contributed by atoms with Crippen molar-refractivity contribution < 1.29 is 9.18 Å². The number of rotatable bonds is 2. The third-order valence-corrected chi connectivity index (χ3v) is 4.60. The van der Waals surface area contributed by atoms with Gasteiger partial charge in [-0.1, -0.05) is 25.0 Å². The molecule has 3 rings (SSSR count). The van der Waals surface area contributed by atoms with Gasteiger partial charge in [-0.15, -0.1) is 0 Å². The molecule has 3 nitrogen and oxygen atoms in total. The molecule has 1 aliphatic carbocycles. The van der Waals surface area contributed by atoms with Crippen LogP contribution in [0, 0.1) is 11.7 Å². The summed E-state index contributed by atoms with van der Waals surface area (Å²) in [6.45, 7) is 0. The first kappa shape index (κ1) is 13.6. The molecule has 3 atom stereocenters. The number of halogens is 1. The number of nitrogens with one attached hydrogen (secondary N) is 2. The topological polar surface area (TPSA) is 41.1 Å². The maximum atomic E-state index is 13.6. The van der Waals surface area contributed by atoms with Crippen molar-refractivity contribution in [3.05, 3.63) is 30.1 Å². The van der Waals surface area contributed by atoms with Crippen LogP contribution in [0.2, 0.25) is 0 Å². The fourth-order valence-electron chi connectivity index (χ4n) is 3.48. The first-order valence-corrected chi connectivity index (χ1v) is 7.55. The van der Waals surface area contributed by atoms with Crippen LogP contribution in [-0.4, -0.2) is 18.0 Å². The van der Waals surface area contributed by atoms with Gasteiger partial charge in [-0.05, 0) is 43.7 Å². The summed E-state index contributed by atoms with van der Waals surface area (Å²) >= 11 is 0. The second kappa shape index (κ2) is 5.92. The normalized spacial score (nSPS) is 29.6. The van der Waals surface area contributed by atoms with E-state index >= 15 is 0 Å². The van der Waals surface area contributed by atoms with Crippen molar-refractivity contribution in [2.75, 3.05) is 5.32 Å². The molecule has 2 aliphatic rings. The summed E-state index contributed by atoms with van der Waals surface area (Å²) in [7, 11) is 0. The summed E-state index contributed by atoms with van der Waals surface area (Å²) in [6, 6.07) is 6.59. The van der Waals surface area contributed by atoms with Gasteiger partial charge >= 0.3 is 0 Å². The molecule has 1 heterocycles. The van der Waals surface area contributed by atoms with Gasteiger partial charge in [0.25, 0.3) is 0 Å². The Balaban J connectivity index is 1.62. The molecule has 2 N–H and O–H groups in total. The molecular weight excluding hydrogens is 255 g/mol. The van der Waals surface area contributed by atoms with Crippen LogP contribution in [-0.2, 0) is 4.79 Å². The van der Waals surface area contributed by atoms with Gasteiger partial charge < -0.3 is 10.6 Å². The van der Waals surface area contributed by atoms with Crippen molar-refractivity contribution in [2.45, 2.75) is 50.6 Å². The highest BCUT2D eigenvalue weighted by molar-refractivity contribution is 5.95. The minimum atomic E-state index is -0.382. The molecule has 3 unspecified atom stereocenters. The molecular formula is C16H21FN2O. The van der Waals surface area contributed by atoms with Gasteiger partial charge in [0.15, 0.2) is 0 Å². The minimum absolute atomic E-state index is 0.112. The molecule has 1 saturated heterocycles. The number of fused-ring (bicyclic) bond motifs is 1. The second-order valence-electron chi connectivity index (χ2n) is 5.92. The highest BCUT2D eigenvalue weighted by Gasteiger charge is 2.34. The highest BCUT2D eigenvalue weighted by atomic mass is 19.1. The largest absolute Gasteiger partial charge is 0.322 e. The van der Waals surface area contributed by atoms with Crippen molar-refractivity contribution >= 4 is 11.6 Å². The molecule has 0 radical (unpaired) electrons. The zero-order chi connectivity index (χ0) is 13.9. The summed E-state index contributed by atoms with van der Waals surface area (Å²) in [4.78, 5) is 12.3. The van der Waals surface area contributed by atoms with E-state index in [1.165, 1.54) is 25.3 Å². The predicted octanol–water partition coefficient (Wildman–Crippen LogP) is 3.08. The SMILES string of the molecule is O=C(Nc1ccccc1F)C1CCC2CCCCC2N1. The highest BCUT2D eigenvalue weighted by Crippen LogP contribution is 2.32. The maximum Gasteiger partial charge on any atom is 0.241 e. The van der Waals surface area contributed by atoms with Gasteiger partial charge in [0, 0.05) is 6.04 Å². The molecule has 4 heteroatoms. The Hall–Kier alpha value is -1.42. The van der Waals surface area contributed by atoms with E-state index in [2.05, 4.69) is 10.6 Å². The average molecular weight is 276 g/mol. The monoisotopic (exact) mass is 276 g/mol. The Bertz CT molecular complexity index is 491. The molecule has 1 aromatic carbocycles. The van der Waals surface area contributed by atoms with Crippen molar-refractivity contribution in [2.24, 2.45) is 5.92 Å². The molecule has 1 aliphatic heterocycles. The number of carbonyl (C=O) groups is 1. The van der Waals surface area contributed by atoms with E-state index in [1.54, 1.807) is 18.2 Å². The summed E-state index contributed by atoms with van der Waals surface area (Å²) in [5.41, 5.74) is 0.269. The van der Waals surface area contributed by atoms with Gasteiger partial charge in [0.2, 0.25) is 5.91 Å². The number of hydrogen-bond donors (Lipinski definition) is 2. The summed E-state index contributed by atoms with van der Waals surface area (Å²) < 4.78 is 13.6. The summed E-state index contributed by atoms with van der Waals surface area (Å²) in [5.74, 6) is 0.229. The number of amides is 1. The third kappa shape index (κ3) is 2.85.